The second-order valence-corrected chi connectivity index (χ2v) is 8.78. The molecule has 158 valence electrons. The lowest BCUT2D eigenvalue weighted by atomic mass is 10.0. The van der Waals surface area contributed by atoms with Crippen molar-refractivity contribution in [3.63, 3.8) is 0 Å². The van der Waals surface area contributed by atoms with E-state index in [1.165, 1.54) is 31.2 Å². The standard InChI is InChI=1S/C26H32N2O2/c1-20-11-14-23(15-12-20)25-17-24(30-27-25)19-28(18-22-9-3-2-4-10-22)26(29)16-13-21-7-5-6-8-21/h2-4,9-12,14-15,21,24H,5-8,13,16-19H2,1H3. The third-order valence-electron chi connectivity index (χ3n) is 6.35. The predicted octanol–water partition coefficient (Wildman–Crippen LogP) is 5.49. The first-order chi connectivity index (χ1) is 14.7. The maximum absolute atomic E-state index is 13.1. The van der Waals surface area contributed by atoms with Crippen LogP contribution in [-0.2, 0) is 16.2 Å². The average molecular weight is 405 g/mol. The quantitative estimate of drug-likeness (QED) is 0.584. The van der Waals surface area contributed by atoms with Crippen LogP contribution < -0.4 is 0 Å². The first-order valence-electron chi connectivity index (χ1n) is 11.3. The molecule has 1 aliphatic carbocycles. The van der Waals surface area contributed by atoms with E-state index in [9.17, 15) is 4.79 Å². The molecule has 4 nitrogen and oxygen atoms in total. The van der Waals surface area contributed by atoms with E-state index in [4.69, 9.17) is 4.84 Å². The number of benzene rings is 2. The summed E-state index contributed by atoms with van der Waals surface area (Å²) in [7, 11) is 0. The van der Waals surface area contributed by atoms with Gasteiger partial charge in [0.2, 0.25) is 5.91 Å². The highest BCUT2D eigenvalue weighted by Crippen LogP contribution is 2.29. The van der Waals surface area contributed by atoms with Gasteiger partial charge in [-0.05, 0) is 30.4 Å². The Kier molecular flexibility index (Phi) is 6.83. The van der Waals surface area contributed by atoms with Gasteiger partial charge in [-0.2, -0.15) is 0 Å². The van der Waals surface area contributed by atoms with E-state index in [1.54, 1.807) is 0 Å². The van der Waals surface area contributed by atoms with Crippen LogP contribution in [0.1, 0.15) is 61.6 Å². The van der Waals surface area contributed by atoms with Crippen molar-refractivity contribution in [1.29, 1.82) is 0 Å². The molecule has 0 saturated heterocycles. The summed E-state index contributed by atoms with van der Waals surface area (Å²) in [6.45, 7) is 3.29. The highest BCUT2D eigenvalue weighted by molar-refractivity contribution is 6.01. The number of aryl methyl sites for hydroxylation is 1. The zero-order valence-corrected chi connectivity index (χ0v) is 17.9. The number of oxime groups is 1. The lowest BCUT2D eigenvalue weighted by Gasteiger charge is -2.25. The van der Waals surface area contributed by atoms with Crippen molar-refractivity contribution in [3.8, 4) is 0 Å². The number of carbonyl (C=O) groups excluding carboxylic acids is 1. The van der Waals surface area contributed by atoms with Crippen LogP contribution in [0, 0.1) is 12.8 Å². The Morgan fingerprint density at radius 3 is 2.53 bits per heavy atom. The molecule has 4 heteroatoms. The Labute approximate surface area is 179 Å². The van der Waals surface area contributed by atoms with Gasteiger partial charge < -0.3 is 9.74 Å². The molecule has 1 aliphatic heterocycles. The number of hydrogen-bond donors (Lipinski definition) is 0. The fraction of sp³-hybridized carbons (Fsp3) is 0.462. The smallest absolute Gasteiger partial charge is 0.223 e. The maximum Gasteiger partial charge on any atom is 0.223 e. The van der Waals surface area contributed by atoms with Crippen LogP contribution in [0.3, 0.4) is 0 Å². The molecule has 1 unspecified atom stereocenters. The van der Waals surface area contributed by atoms with Crippen molar-refractivity contribution in [2.45, 2.75) is 64.5 Å². The normalized spacial score (nSPS) is 18.8. The molecule has 1 heterocycles. The molecule has 1 fully saturated rings. The van der Waals surface area contributed by atoms with Gasteiger partial charge in [-0.25, -0.2) is 0 Å². The van der Waals surface area contributed by atoms with Crippen molar-refractivity contribution >= 4 is 11.6 Å². The Morgan fingerprint density at radius 1 is 1.07 bits per heavy atom. The number of amides is 1. The van der Waals surface area contributed by atoms with Crippen LogP contribution in [0.5, 0.6) is 0 Å². The molecule has 1 saturated carbocycles. The molecular weight excluding hydrogens is 372 g/mol. The molecule has 2 aliphatic rings. The summed E-state index contributed by atoms with van der Waals surface area (Å²) in [6.07, 6.45) is 7.52. The molecule has 2 aromatic rings. The predicted molar refractivity (Wildman–Crippen MR) is 120 cm³/mol. The minimum absolute atomic E-state index is 0.0829. The van der Waals surface area contributed by atoms with Gasteiger partial charge in [0, 0.05) is 19.4 Å². The summed E-state index contributed by atoms with van der Waals surface area (Å²) in [6, 6.07) is 18.6. The minimum Gasteiger partial charge on any atom is -0.390 e. The molecule has 0 N–H and O–H groups in total. The largest absolute Gasteiger partial charge is 0.390 e. The average Bonchev–Trinajstić information content (AvgIpc) is 3.45. The molecule has 2 aromatic carbocycles. The minimum atomic E-state index is -0.0829. The summed E-state index contributed by atoms with van der Waals surface area (Å²) in [5.74, 6) is 0.963. The topological polar surface area (TPSA) is 41.9 Å². The van der Waals surface area contributed by atoms with Gasteiger partial charge in [-0.15, -0.1) is 0 Å². The third-order valence-corrected chi connectivity index (χ3v) is 6.35. The van der Waals surface area contributed by atoms with Crippen molar-refractivity contribution in [2.75, 3.05) is 6.54 Å². The summed E-state index contributed by atoms with van der Waals surface area (Å²) in [5.41, 5.74) is 4.46. The van der Waals surface area contributed by atoms with Crippen molar-refractivity contribution in [3.05, 3.63) is 71.3 Å². The van der Waals surface area contributed by atoms with Gasteiger partial charge in [0.25, 0.3) is 0 Å². The molecule has 0 radical (unpaired) electrons. The van der Waals surface area contributed by atoms with Gasteiger partial charge in [0.05, 0.1) is 12.3 Å². The fourth-order valence-electron chi connectivity index (χ4n) is 4.53. The lowest BCUT2D eigenvalue weighted by molar-refractivity contribution is -0.134. The van der Waals surface area contributed by atoms with E-state index < -0.39 is 0 Å². The molecule has 0 aromatic heterocycles. The summed E-state index contributed by atoms with van der Waals surface area (Å²) >= 11 is 0. The number of nitrogens with zero attached hydrogens (tertiary/aromatic N) is 2. The van der Waals surface area contributed by atoms with Gasteiger partial charge in [0.15, 0.2) is 6.10 Å². The molecule has 4 rings (SSSR count). The summed E-state index contributed by atoms with van der Waals surface area (Å²) in [4.78, 5) is 20.8. The van der Waals surface area contributed by atoms with E-state index in [-0.39, 0.29) is 12.0 Å². The van der Waals surface area contributed by atoms with Gasteiger partial charge >= 0.3 is 0 Å². The summed E-state index contributed by atoms with van der Waals surface area (Å²) in [5, 5.41) is 4.32. The molecule has 30 heavy (non-hydrogen) atoms. The Morgan fingerprint density at radius 2 is 1.80 bits per heavy atom. The first kappa shape index (κ1) is 20.6. The van der Waals surface area contributed by atoms with E-state index in [0.717, 1.165) is 35.6 Å². The van der Waals surface area contributed by atoms with Crippen molar-refractivity contribution in [2.24, 2.45) is 11.1 Å². The van der Waals surface area contributed by atoms with Gasteiger partial charge in [-0.1, -0.05) is 91.0 Å². The van der Waals surface area contributed by atoms with E-state index >= 15 is 0 Å². The SMILES string of the molecule is Cc1ccc(C2=NOC(CN(Cc3ccccc3)C(=O)CCC3CCCC3)C2)cc1. The van der Waals surface area contributed by atoms with Crippen LogP contribution in [-0.4, -0.2) is 29.2 Å². The van der Waals surface area contributed by atoms with Crippen molar-refractivity contribution in [1.82, 2.24) is 4.90 Å². The fourth-order valence-corrected chi connectivity index (χ4v) is 4.53. The van der Waals surface area contributed by atoms with Crippen LogP contribution in [0.2, 0.25) is 0 Å². The number of carbonyl (C=O) groups is 1. The zero-order chi connectivity index (χ0) is 20.8. The molecule has 0 bridgehead atoms. The van der Waals surface area contributed by atoms with E-state index in [1.807, 2.05) is 23.1 Å². The van der Waals surface area contributed by atoms with E-state index in [2.05, 4.69) is 48.5 Å². The Bertz CT molecular complexity index is 854. The Hall–Kier alpha value is -2.62. The maximum atomic E-state index is 13.1. The monoisotopic (exact) mass is 404 g/mol. The zero-order valence-electron chi connectivity index (χ0n) is 17.9. The van der Waals surface area contributed by atoms with Crippen LogP contribution in [0.4, 0.5) is 0 Å². The third kappa shape index (κ3) is 5.50. The lowest BCUT2D eigenvalue weighted by Crippen LogP contribution is -2.37. The highest BCUT2D eigenvalue weighted by atomic mass is 16.6. The molecule has 0 spiro atoms. The second kappa shape index (κ2) is 9.92. The second-order valence-electron chi connectivity index (χ2n) is 8.78. The van der Waals surface area contributed by atoms with Crippen LogP contribution >= 0.6 is 0 Å². The Balaban J connectivity index is 1.38. The number of hydrogen-bond acceptors (Lipinski definition) is 3. The summed E-state index contributed by atoms with van der Waals surface area (Å²) < 4.78 is 0. The number of rotatable bonds is 8. The molecular formula is C26H32N2O2. The highest BCUT2D eigenvalue weighted by Gasteiger charge is 2.27. The molecule has 1 amide bonds. The van der Waals surface area contributed by atoms with Crippen LogP contribution in [0.15, 0.2) is 59.8 Å². The van der Waals surface area contributed by atoms with E-state index in [0.29, 0.717) is 19.5 Å². The van der Waals surface area contributed by atoms with Crippen LogP contribution in [0.25, 0.3) is 0 Å². The van der Waals surface area contributed by atoms with Gasteiger partial charge in [-0.3, -0.25) is 4.79 Å². The van der Waals surface area contributed by atoms with Gasteiger partial charge in [0.1, 0.15) is 0 Å². The molecule has 1 atom stereocenters. The first-order valence-corrected chi connectivity index (χ1v) is 11.3. The van der Waals surface area contributed by atoms with Crippen molar-refractivity contribution < 1.29 is 9.63 Å².